The first-order valence-electron chi connectivity index (χ1n) is 8.15. The van der Waals surface area contributed by atoms with Crippen molar-refractivity contribution < 1.29 is 44.2 Å². The molecule has 0 rings (SSSR count). The second kappa shape index (κ2) is 12.6. The third-order valence-corrected chi connectivity index (χ3v) is 3.07. The summed E-state index contributed by atoms with van der Waals surface area (Å²) in [5.74, 6) is -3.41. The number of nitrogens with one attached hydrogen (secondary N) is 1. The molecular weight excluding hydrogens is 360 g/mol. The predicted octanol–water partition coefficient (Wildman–Crippen LogP) is -2.52. The van der Waals surface area contributed by atoms with Crippen LogP contribution in [0.5, 0.6) is 0 Å². The Balaban J connectivity index is 4.06. The van der Waals surface area contributed by atoms with E-state index in [0.29, 0.717) is 6.42 Å². The normalized spacial score (nSPS) is 12.4. The summed E-state index contributed by atoms with van der Waals surface area (Å²) < 4.78 is 14.5. The van der Waals surface area contributed by atoms with Gasteiger partial charge >= 0.3 is 17.9 Å². The third kappa shape index (κ3) is 10.8. The van der Waals surface area contributed by atoms with Crippen LogP contribution in [0.15, 0.2) is 24.3 Å². The van der Waals surface area contributed by atoms with Crippen molar-refractivity contribution in [3.8, 4) is 0 Å². The molecule has 0 aromatic rings. The first-order valence-corrected chi connectivity index (χ1v) is 8.15. The Morgan fingerprint density at radius 3 is 2.00 bits per heavy atom. The number of hydrogen-bond donors (Lipinski definition) is 2. The van der Waals surface area contributed by atoms with Gasteiger partial charge in [-0.05, 0) is 26.8 Å². The molecule has 0 aromatic heterocycles. The molecule has 152 valence electrons. The zero-order valence-corrected chi connectivity index (χ0v) is 15.6. The Morgan fingerprint density at radius 1 is 1.00 bits per heavy atom. The van der Waals surface area contributed by atoms with Crippen LogP contribution in [0.2, 0.25) is 0 Å². The fourth-order valence-corrected chi connectivity index (χ4v) is 1.50. The summed E-state index contributed by atoms with van der Waals surface area (Å²) in [5, 5.41) is 13.6. The second-order valence-electron chi connectivity index (χ2n) is 5.80. The molecule has 4 N–H and O–H groups in total. The number of aliphatic carboxylic acids is 1. The number of esters is 3. The summed E-state index contributed by atoms with van der Waals surface area (Å²) in [6.07, 6.45) is 0.294. The molecule has 0 amide bonds. The minimum atomic E-state index is -1.43. The maximum atomic E-state index is 11.7. The van der Waals surface area contributed by atoms with Crippen molar-refractivity contribution in [2.75, 3.05) is 26.4 Å². The summed E-state index contributed by atoms with van der Waals surface area (Å²) in [6.45, 7) is 9.23. The lowest BCUT2D eigenvalue weighted by atomic mass is 10.3. The lowest BCUT2D eigenvalue weighted by Gasteiger charge is -2.19. The average Bonchev–Trinajstić information content (AvgIpc) is 2.60. The summed E-state index contributed by atoms with van der Waals surface area (Å²) >= 11 is 0. The van der Waals surface area contributed by atoms with E-state index in [4.69, 9.17) is 14.2 Å². The minimum absolute atomic E-state index is 0.00237. The number of carboxylic acids is 1. The topological polar surface area (TPSA) is 159 Å². The molecule has 0 fully saturated rings. The van der Waals surface area contributed by atoms with Gasteiger partial charge in [-0.1, -0.05) is 13.2 Å². The van der Waals surface area contributed by atoms with Gasteiger partial charge in [0.05, 0.1) is 18.6 Å². The van der Waals surface area contributed by atoms with Crippen molar-refractivity contribution in [3.63, 3.8) is 0 Å². The molecule has 0 aliphatic carbocycles. The van der Waals surface area contributed by atoms with Crippen LogP contribution in [0, 0.1) is 0 Å². The van der Waals surface area contributed by atoms with Gasteiger partial charge in [0, 0.05) is 11.1 Å². The van der Waals surface area contributed by atoms with Crippen molar-refractivity contribution in [2.45, 2.75) is 32.4 Å². The molecule has 0 aliphatic rings. The summed E-state index contributed by atoms with van der Waals surface area (Å²) in [5.41, 5.74) is 3.89. The molecule has 2 atom stereocenters. The number of rotatable bonds is 13. The predicted molar refractivity (Wildman–Crippen MR) is 90.6 cm³/mol. The van der Waals surface area contributed by atoms with Gasteiger partial charge in [-0.3, -0.25) is 0 Å². The van der Waals surface area contributed by atoms with Crippen molar-refractivity contribution in [3.05, 3.63) is 24.3 Å². The summed E-state index contributed by atoms with van der Waals surface area (Å²) in [4.78, 5) is 45.1. The first kappa shape index (κ1) is 24.3. The van der Waals surface area contributed by atoms with Gasteiger partial charge < -0.3 is 35.2 Å². The molecule has 10 heteroatoms. The Labute approximate surface area is 157 Å². The number of carbonyl (C=O) groups is 4. The average molecular weight is 386 g/mol. The van der Waals surface area contributed by atoms with E-state index in [2.05, 4.69) is 24.2 Å². The molecule has 0 aromatic carbocycles. The second-order valence-corrected chi connectivity index (χ2v) is 5.80. The molecule has 0 spiro atoms. The minimum Gasteiger partial charge on any atom is -0.548 e. The number of quaternary nitrogens is 1. The standard InChI is InChI=1S/C17H26N2O8/c1-10(2)15(22)26-8-12(18)17(24)25-7-5-6-19-13(14(20)21)9-27-16(23)11(3)4/h12-13,19H,1,3,5-9,18H2,2,4H3,(H,20,21)/t12-,13-/m0/s1. The van der Waals surface area contributed by atoms with Crippen molar-refractivity contribution in [1.82, 2.24) is 5.32 Å². The highest BCUT2D eigenvalue weighted by atomic mass is 16.6. The Bertz CT molecular complexity index is 587. The number of hydrogen-bond acceptors (Lipinski definition) is 9. The van der Waals surface area contributed by atoms with E-state index >= 15 is 0 Å². The Kier molecular flexibility index (Phi) is 11.3. The van der Waals surface area contributed by atoms with E-state index in [1.54, 1.807) is 0 Å². The molecule has 10 nitrogen and oxygen atoms in total. The lowest BCUT2D eigenvalue weighted by Crippen LogP contribution is -2.67. The highest BCUT2D eigenvalue weighted by Gasteiger charge is 2.21. The van der Waals surface area contributed by atoms with E-state index < -0.39 is 42.6 Å². The van der Waals surface area contributed by atoms with Crippen LogP contribution in [0.1, 0.15) is 20.3 Å². The summed E-state index contributed by atoms with van der Waals surface area (Å²) in [6, 6.07) is -2.09. The zero-order valence-electron chi connectivity index (χ0n) is 15.6. The van der Waals surface area contributed by atoms with Crippen LogP contribution < -0.4 is 16.2 Å². The van der Waals surface area contributed by atoms with Crippen molar-refractivity contribution in [2.24, 2.45) is 0 Å². The van der Waals surface area contributed by atoms with E-state index in [0.717, 1.165) is 0 Å². The fraction of sp³-hybridized carbons (Fsp3) is 0.529. The van der Waals surface area contributed by atoms with E-state index in [1.807, 2.05) is 0 Å². The highest BCUT2D eigenvalue weighted by Crippen LogP contribution is 1.96. The van der Waals surface area contributed by atoms with E-state index in [9.17, 15) is 24.3 Å². The molecule has 0 heterocycles. The van der Waals surface area contributed by atoms with Gasteiger partial charge in [-0.25, -0.2) is 14.4 Å². The largest absolute Gasteiger partial charge is 0.548 e. The van der Waals surface area contributed by atoms with Crippen LogP contribution in [-0.4, -0.2) is 62.3 Å². The molecule has 27 heavy (non-hydrogen) atoms. The Morgan fingerprint density at radius 2 is 1.52 bits per heavy atom. The molecule has 0 saturated heterocycles. The van der Waals surface area contributed by atoms with Gasteiger partial charge in [0.25, 0.3) is 0 Å². The van der Waals surface area contributed by atoms with Gasteiger partial charge in [-0.2, -0.15) is 0 Å². The smallest absolute Gasteiger partial charge is 0.368 e. The zero-order chi connectivity index (χ0) is 21.0. The van der Waals surface area contributed by atoms with Crippen LogP contribution >= 0.6 is 0 Å². The molecular formula is C17H26N2O8. The molecule has 0 bridgehead atoms. The molecule has 0 aliphatic heterocycles. The highest BCUT2D eigenvalue weighted by molar-refractivity contribution is 5.87. The van der Waals surface area contributed by atoms with E-state index in [1.165, 1.54) is 13.8 Å². The van der Waals surface area contributed by atoms with Crippen LogP contribution in [-0.2, 0) is 33.4 Å². The Hall–Kier alpha value is -2.72. The molecule has 0 radical (unpaired) electrons. The molecule has 0 unspecified atom stereocenters. The van der Waals surface area contributed by atoms with Crippen molar-refractivity contribution in [1.29, 1.82) is 0 Å². The van der Waals surface area contributed by atoms with Crippen LogP contribution in [0.3, 0.4) is 0 Å². The number of ether oxygens (including phenoxy) is 3. The van der Waals surface area contributed by atoms with E-state index in [-0.39, 0.29) is 30.9 Å². The monoisotopic (exact) mass is 386 g/mol. The molecule has 0 saturated carbocycles. The third-order valence-electron chi connectivity index (χ3n) is 3.07. The van der Waals surface area contributed by atoms with Gasteiger partial charge in [0.1, 0.15) is 6.61 Å². The van der Waals surface area contributed by atoms with Crippen molar-refractivity contribution >= 4 is 23.9 Å². The SMILES string of the molecule is C=C(C)C(=O)OC[C@H](NCCCOC(=O)[C@@H]([NH3+])COC(=O)C(=C)C)C(=O)[O-]. The van der Waals surface area contributed by atoms with Crippen LogP contribution in [0.25, 0.3) is 0 Å². The number of carboxylic acid groups (broad SMARTS) is 1. The lowest BCUT2D eigenvalue weighted by molar-refractivity contribution is -0.413. The quantitative estimate of drug-likeness (QED) is 0.151. The fourth-order valence-electron chi connectivity index (χ4n) is 1.50. The van der Waals surface area contributed by atoms with Crippen LogP contribution in [0.4, 0.5) is 0 Å². The summed E-state index contributed by atoms with van der Waals surface area (Å²) in [7, 11) is 0. The van der Waals surface area contributed by atoms with Gasteiger partial charge in [0.15, 0.2) is 6.61 Å². The maximum Gasteiger partial charge on any atom is 0.368 e. The first-order chi connectivity index (χ1) is 12.6. The van der Waals surface area contributed by atoms with Gasteiger partial charge in [-0.15, -0.1) is 0 Å². The number of carbonyl (C=O) groups excluding carboxylic acids is 4. The van der Waals surface area contributed by atoms with Gasteiger partial charge in [0.2, 0.25) is 6.04 Å². The maximum absolute atomic E-state index is 11.7.